The Bertz CT molecular complexity index is 829. The average Bonchev–Trinajstić information content (AvgIpc) is 3.53. The second-order valence-corrected chi connectivity index (χ2v) is 10.5. The average molecular weight is 437 g/mol. The molecule has 7 nitrogen and oxygen atoms in total. The maximum absolute atomic E-state index is 11.7. The number of aliphatic imine (C=N–C) groups is 1. The number of hydrogen-bond donors (Lipinski definition) is 2. The van der Waals surface area contributed by atoms with Gasteiger partial charge in [0.2, 0.25) is 10.0 Å². The molecule has 0 spiro atoms. The quantitative estimate of drug-likeness (QED) is 0.459. The van der Waals surface area contributed by atoms with Gasteiger partial charge in [-0.05, 0) is 63.0 Å². The molecule has 3 rings (SSSR count). The topological polar surface area (TPSA) is 83.0 Å². The molecule has 1 aromatic carbocycles. The molecule has 1 aromatic rings. The number of sulfonamides is 1. The van der Waals surface area contributed by atoms with Gasteiger partial charge in [-0.25, -0.2) is 17.7 Å². The molecule has 30 heavy (non-hydrogen) atoms. The molecule has 2 fully saturated rings. The first-order valence-corrected chi connectivity index (χ1v) is 12.9. The zero-order valence-electron chi connectivity index (χ0n) is 18.5. The SMILES string of the molecule is CCNC(=NCc1ccc(C)cc1OCC1CC1)NCC1CCN(S(C)(=O)=O)CC1. The minimum absolute atomic E-state index is 0.448. The van der Waals surface area contributed by atoms with Crippen LogP contribution in [0.1, 0.15) is 43.7 Å². The molecule has 1 aliphatic carbocycles. The highest BCUT2D eigenvalue weighted by atomic mass is 32.2. The van der Waals surface area contributed by atoms with E-state index in [4.69, 9.17) is 9.73 Å². The van der Waals surface area contributed by atoms with Crippen molar-refractivity contribution >= 4 is 16.0 Å². The third kappa shape index (κ3) is 7.16. The highest BCUT2D eigenvalue weighted by molar-refractivity contribution is 7.88. The second kappa shape index (κ2) is 10.5. The van der Waals surface area contributed by atoms with Crippen LogP contribution in [0.4, 0.5) is 0 Å². The third-order valence-corrected chi connectivity index (χ3v) is 7.05. The van der Waals surface area contributed by atoms with Gasteiger partial charge >= 0.3 is 0 Å². The van der Waals surface area contributed by atoms with Crippen LogP contribution >= 0.6 is 0 Å². The standard InChI is InChI=1S/C22H36N4O3S/c1-4-23-22(24-14-18-9-11-26(12-10-18)30(3,27)28)25-15-20-8-5-17(2)13-21(20)29-16-19-6-7-19/h5,8,13,18-19H,4,6-7,9-12,14-16H2,1-3H3,(H2,23,24,25). The van der Waals surface area contributed by atoms with Crippen LogP contribution in [0.3, 0.4) is 0 Å². The Morgan fingerprint density at radius 1 is 1.17 bits per heavy atom. The summed E-state index contributed by atoms with van der Waals surface area (Å²) >= 11 is 0. The molecule has 2 N–H and O–H groups in total. The Morgan fingerprint density at radius 2 is 1.90 bits per heavy atom. The van der Waals surface area contributed by atoms with Crippen molar-refractivity contribution in [2.24, 2.45) is 16.8 Å². The monoisotopic (exact) mass is 436 g/mol. The normalized spacial score (nSPS) is 19.0. The number of hydrogen-bond acceptors (Lipinski definition) is 4. The molecule has 0 bridgehead atoms. The summed E-state index contributed by atoms with van der Waals surface area (Å²) in [7, 11) is -3.08. The van der Waals surface area contributed by atoms with Gasteiger partial charge in [0.25, 0.3) is 0 Å². The zero-order chi connectivity index (χ0) is 21.6. The Hall–Kier alpha value is -1.80. The van der Waals surface area contributed by atoms with E-state index >= 15 is 0 Å². The molecule has 168 valence electrons. The Morgan fingerprint density at radius 3 is 2.53 bits per heavy atom. The maximum atomic E-state index is 11.7. The first kappa shape index (κ1) is 22.9. The number of rotatable bonds is 9. The van der Waals surface area contributed by atoms with Gasteiger partial charge in [-0.1, -0.05) is 12.1 Å². The van der Waals surface area contributed by atoms with Crippen LogP contribution in [0.25, 0.3) is 0 Å². The Balaban J connectivity index is 1.54. The van der Waals surface area contributed by atoms with Crippen molar-refractivity contribution in [2.75, 3.05) is 39.0 Å². The van der Waals surface area contributed by atoms with Crippen LogP contribution in [0, 0.1) is 18.8 Å². The van der Waals surface area contributed by atoms with Crippen molar-refractivity contribution in [1.29, 1.82) is 0 Å². The van der Waals surface area contributed by atoms with Crippen molar-refractivity contribution in [3.8, 4) is 5.75 Å². The molecule has 2 aliphatic rings. The highest BCUT2D eigenvalue weighted by Crippen LogP contribution is 2.31. The molecule has 0 unspecified atom stereocenters. The summed E-state index contributed by atoms with van der Waals surface area (Å²) in [4.78, 5) is 4.76. The number of nitrogens with zero attached hydrogens (tertiary/aromatic N) is 2. The summed E-state index contributed by atoms with van der Waals surface area (Å²) in [6.07, 6.45) is 5.58. The number of benzene rings is 1. The molecular weight excluding hydrogens is 400 g/mol. The molecule has 1 saturated heterocycles. The van der Waals surface area contributed by atoms with Crippen LogP contribution in [0.2, 0.25) is 0 Å². The molecule has 1 aliphatic heterocycles. The fraction of sp³-hybridized carbons (Fsp3) is 0.682. The van der Waals surface area contributed by atoms with Gasteiger partial charge in [0.1, 0.15) is 5.75 Å². The summed E-state index contributed by atoms with van der Waals surface area (Å²) in [5, 5.41) is 6.74. The summed E-state index contributed by atoms with van der Waals surface area (Å²) in [5.74, 6) is 2.89. The number of ether oxygens (including phenoxy) is 1. The lowest BCUT2D eigenvalue weighted by molar-refractivity contribution is 0.275. The fourth-order valence-corrected chi connectivity index (χ4v) is 4.49. The predicted octanol–water partition coefficient (Wildman–Crippen LogP) is 2.51. The number of aryl methyl sites for hydroxylation is 1. The third-order valence-electron chi connectivity index (χ3n) is 5.75. The van der Waals surface area contributed by atoms with Crippen molar-refractivity contribution < 1.29 is 13.2 Å². The first-order chi connectivity index (χ1) is 14.3. The van der Waals surface area contributed by atoms with Crippen molar-refractivity contribution in [3.63, 3.8) is 0 Å². The van der Waals surface area contributed by atoms with E-state index < -0.39 is 10.0 Å². The van der Waals surface area contributed by atoms with Gasteiger partial charge in [-0.15, -0.1) is 0 Å². The largest absolute Gasteiger partial charge is 0.493 e. The molecule has 1 saturated carbocycles. The van der Waals surface area contributed by atoms with Crippen molar-refractivity contribution in [2.45, 2.75) is 46.1 Å². The van der Waals surface area contributed by atoms with Crippen LogP contribution in [-0.2, 0) is 16.6 Å². The van der Waals surface area contributed by atoms with E-state index in [9.17, 15) is 8.42 Å². The van der Waals surface area contributed by atoms with Gasteiger partial charge in [0.15, 0.2) is 5.96 Å². The van der Waals surface area contributed by atoms with Crippen molar-refractivity contribution in [1.82, 2.24) is 14.9 Å². The number of nitrogens with one attached hydrogen (secondary N) is 2. The van der Waals surface area contributed by atoms with E-state index in [1.807, 2.05) is 0 Å². The molecule has 0 aromatic heterocycles. The minimum atomic E-state index is -3.08. The van der Waals surface area contributed by atoms with E-state index in [0.29, 0.717) is 25.6 Å². The van der Waals surface area contributed by atoms with E-state index in [2.05, 4.69) is 42.7 Å². The van der Waals surface area contributed by atoms with Crippen LogP contribution < -0.4 is 15.4 Å². The summed E-state index contributed by atoms with van der Waals surface area (Å²) < 4.78 is 31.0. The highest BCUT2D eigenvalue weighted by Gasteiger charge is 2.25. The molecule has 8 heteroatoms. The predicted molar refractivity (Wildman–Crippen MR) is 121 cm³/mol. The molecule has 0 atom stereocenters. The van der Waals surface area contributed by atoms with Gasteiger partial charge in [-0.2, -0.15) is 0 Å². The Kier molecular flexibility index (Phi) is 7.99. The van der Waals surface area contributed by atoms with Crippen LogP contribution in [0.5, 0.6) is 5.75 Å². The van der Waals surface area contributed by atoms with Crippen LogP contribution in [0.15, 0.2) is 23.2 Å². The van der Waals surface area contributed by atoms with E-state index in [1.54, 1.807) is 4.31 Å². The lowest BCUT2D eigenvalue weighted by Crippen LogP contribution is -2.44. The fourth-order valence-electron chi connectivity index (χ4n) is 3.61. The van der Waals surface area contributed by atoms with Gasteiger partial charge in [-0.3, -0.25) is 0 Å². The summed E-state index contributed by atoms with van der Waals surface area (Å²) in [6.45, 7) is 8.27. The maximum Gasteiger partial charge on any atom is 0.211 e. The van der Waals surface area contributed by atoms with Gasteiger partial charge in [0.05, 0.1) is 19.4 Å². The molecular formula is C22H36N4O3S. The number of guanidine groups is 1. The van der Waals surface area contributed by atoms with E-state index in [1.165, 1.54) is 24.7 Å². The summed E-state index contributed by atoms with van der Waals surface area (Å²) in [5.41, 5.74) is 2.29. The second-order valence-electron chi connectivity index (χ2n) is 8.55. The molecule has 1 heterocycles. The lowest BCUT2D eigenvalue weighted by Gasteiger charge is -2.30. The smallest absolute Gasteiger partial charge is 0.211 e. The molecule has 0 amide bonds. The van der Waals surface area contributed by atoms with E-state index in [0.717, 1.165) is 55.7 Å². The summed E-state index contributed by atoms with van der Waals surface area (Å²) in [6, 6.07) is 6.30. The van der Waals surface area contributed by atoms with Gasteiger partial charge < -0.3 is 15.4 Å². The van der Waals surface area contributed by atoms with E-state index in [-0.39, 0.29) is 0 Å². The molecule has 0 radical (unpaired) electrons. The number of piperidine rings is 1. The zero-order valence-corrected chi connectivity index (χ0v) is 19.3. The minimum Gasteiger partial charge on any atom is -0.493 e. The lowest BCUT2D eigenvalue weighted by atomic mass is 9.98. The first-order valence-electron chi connectivity index (χ1n) is 11.0. The van der Waals surface area contributed by atoms with Crippen LogP contribution in [-0.4, -0.2) is 57.7 Å². The van der Waals surface area contributed by atoms with Crippen molar-refractivity contribution in [3.05, 3.63) is 29.3 Å². The Labute approximate surface area is 181 Å². The van der Waals surface area contributed by atoms with Gasteiger partial charge in [0, 0.05) is 31.7 Å².